The van der Waals surface area contributed by atoms with Gasteiger partial charge in [0.15, 0.2) is 0 Å². The van der Waals surface area contributed by atoms with Crippen molar-refractivity contribution >= 4 is 5.91 Å². The average molecular weight is 320 g/mol. The Hall–Kier alpha value is -1.59. The lowest BCUT2D eigenvalue weighted by molar-refractivity contribution is -0.123. The molecule has 128 valence electrons. The molecule has 23 heavy (non-hydrogen) atoms. The lowest BCUT2D eigenvalue weighted by Crippen LogP contribution is -2.41. The van der Waals surface area contributed by atoms with Gasteiger partial charge in [0.25, 0.3) is 0 Å². The van der Waals surface area contributed by atoms with Crippen LogP contribution in [0.1, 0.15) is 32.8 Å². The summed E-state index contributed by atoms with van der Waals surface area (Å²) in [6.07, 6.45) is 0.846. The monoisotopic (exact) mass is 320 g/mol. The number of hydrogen-bond acceptors (Lipinski definition) is 4. The van der Waals surface area contributed by atoms with Crippen molar-refractivity contribution in [3.8, 4) is 5.75 Å². The van der Waals surface area contributed by atoms with Crippen molar-refractivity contribution in [3.05, 3.63) is 29.8 Å². The van der Waals surface area contributed by atoms with Gasteiger partial charge in [-0.05, 0) is 29.5 Å². The molecule has 2 rings (SSSR count). The van der Waals surface area contributed by atoms with Gasteiger partial charge in [-0.1, -0.05) is 32.9 Å². The number of carbonyl (C=O) groups is 1. The van der Waals surface area contributed by atoms with Crippen LogP contribution in [0.3, 0.4) is 0 Å². The molecule has 1 amide bonds. The largest absolute Gasteiger partial charge is 0.492 e. The van der Waals surface area contributed by atoms with Crippen molar-refractivity contribution in [2.45, 2.75) is 44.8 Å². The van der Waals surface area contributed by atoms with Gasteiger partial charge in [0.05, 0.1) is 18.7 Å². The number of nitrogens with one attached hydrogen (secondary N) is 2. The van der Waals surface area contributed by atoms with E-state index in [1.54, 1.807) is 7.11 Å². The average Bonchev–Trinajstić information content (AvgIpc) is 3.00. The van der Waals surface area contributed by atoms with Gasteiger partial charge < -0.3 is 20.1 Å². The standard InChI is InChI=1S/C18H28N2O3/c1-18(2,3)13-6-5-7-14(10-13)23-9-8-19-17(21)16-11-15(22-4)12-20-16/h5-7,10,15-16,20H,8-9,11-12H2,1-4H3,(H,19,21)/t15-,16+/m0/s1. The smallest absolute Gasteiger partial charge is 0.237 e. The van der Waals surface area contributed by atoms with Crippen LogP contribution in [-0.2, 0) is 14.9 Å². The van der Waals surface area contributed by atoms with Crippen LogP contribution in [0.2, 0.25) is 0 Å². The maximum Gasteiger partial charge on any atom is 0.237 e. The maximum atomic E-state index is 12.0. The minimum atomic E-state index is -0.163. The first-order valence-electron chi connectivity index (χ1n) is 8.17. The molecule has 1 aromatic rings. The van der Waals surface area contributed by atoms with E-state index in [1.165, 1.54) is 5.56 Å². The van der Waals surface area contributed by atoms with E-state index in [-0.39, 0.29) is 23.5 Å². The molecule has 2 N–H and O–H groups in total. The fourth-order valence-electron chi connectivity index (χ4n) is 2.60. The molecule has 1 aliphatic rings. The highest BCUT2D eigenvalue weighted by atomic mass is 16.5. The molecule has 5 nitrogen and oxygen atoms in total. The summed E-state index contributed by atoms with van der Waals surface area (Å²) in [5.41, 5.74) is 1.33. The Morgan fingerprint density at radius 2 is 2.17 bits per heavy atom. The number of benzene rings is 1. The van der Waals surface area contributed by atoms with Crippen molar-refractivity contribution in [2.75, 3.05) is 26.8 Å². The summed E-state index contributed by atoms with van der Waals surface area (Å²) >= 11 is 0. The topological polar surface area (TPSA) is 59.6 Å². The highest BCUT2D eigenvalue weighted by molar-refractivity contribution is 5.82. The van der Waals surface area contributed by atoms with Crippen molar-refractivity contribution in [3.63, 3.8) is 0 Å². The van der Waals surface area contributed by atoms with Crippen LogP contribution in [0.4, 0.5) is 0 Å². The number of methoxy groups -OCH3 is 1. The molecule has 1 heterocycles. The van der Waals surface area contributed by atoms with Crippen molar-refractivity contribution < 1.29 is 14.3 Å². The molecule has 1 aliphatic heterocycles. The number of carbonyl (C=O) groups excluding carboxylic acids is 1. The minimum absolute atomic E-state index is 0.0107. The summed E-state index contributed by atoms with van der Waals surface area (Å²) in [6, 6.07) is 7.95. The van der Waals surface area contributed by atoms with E-state index in [0.717, 1.165) is 18.7 Å². The SMILES string of the molecule is CO[C@@H]1CN[C@@H](C(=O)NCCOc2cccc(C(C)(C)C)c2)C1. The Bertz CT molecular complexity index is 525. The fraction of sp³-hybridized carbons (Fsp3) is 0.611. The molecule has 0 bridgehead atoms. The Labute approximate surface area is 138 Å². The van der Waals surface area contributed by atoms with Crippen LogP contribution in [0.25, 0.3) is 0 Å². The zero-order chi connectivity index (χ0) is 16.9. The molecule has 0 saturated carbocycles. The van der Waals surface area contributed by atoms with Gasteiger partial charge in [0, 0.05) is 13.7 Å². The van der Waals surface area contributed by atoms with Crippen LogP contribution in [0, 0.1) is 0 Å². The van der Waals surface area contributed by atoms with Crippen LogP contribution in [-0.4, -0.2) is 44.9 Å². The Kier molecular flexibility index (Phi) is 6.02. The summed E-state index contributed by atoms with van der Waals surface area (Å²) in [5.74, 6) is 0.849. The van der Waals surface area contributed by atoms with E-state index in [2.05, 4.69) is 43.5 Å². The highest BCUT2D eigenvalue weighted by Crippen LogP contribution is 2.25. The summed E-state index contributed by atoms with van der Waals surface area (Å²) < 4.78 is 11.0. The molecule has 1 fully saturated rings. The molecule has 2 atom stereocenters. The number of ether oxygens (including phenoxy) is 2. The maximum absolute atomic E-state index is 12.0. The van der Waals surface area contributed by atoms with Gasteiger partial charge in [-0.15, -0.1) is 0 Å². The Morgan fingerprint density at radius 1 is 1.39 bits per heavy atom. The first kappa shape index (κ1) is 17.8. The van der Waals surface area contributed by atoms with E-state index < -0.39 is 0 Å². The van der Waals surface area contributed by atoms with Gasteiger partial charge in [-0.3, -0.25) is 4.79 Å². The summed E-state index contributed by atoms with van der Waals surface area (Å²) in [5, 5.41) is 6.06. The molecule has 1 saturated heterocycles. The zero-order valence-corrected chi connectivity index (χ0v) is 14.5. The van der Waals surface area contributed by atoms with Crippen LogP contribution in [0.15, 0.2) is 24.3 Å². The first-order valence-corrected chi connectivity index (χ1v) is 8.17. The highest BCUT2D eigenvalue weighted by Gasteiger charge is 2.28. The van der Waals surface area contributed by atoms with Gasteiger partial charge in [-0.2, -0.15) is 0 Å². The fourth-order valence-corrected chi connectivity index (χ4v) is 2.60. The quantitative estimate of drug-likeness (QED) is 0.786. The Balaban J connectivity index is 1.72. The van der Waals surface area contributed by atoms with Crippen molar-refractivity contribution in [1.29, 1.82) is 0 Å². The van der Waals surface area contributed by atoms with Crippen LogP contribution < -0.4 is 15.4 Å². The lowest BCUT2D eigenvalue weighted by atomic mass is 9.87. The van der Waals surface area contributed by atoms with Gasteiger partial charge in [0.2, 0.25) is 5.91 Å². The zero-order valence-electron chi connectivity index (χ0n) is 14.5. The molecule has 0 aromatic heterocycles. The van der Waals surface area contributed by atoms with E-state index in [9.17, 15) is 4.79 Å². The molecule has 0 unspecified atom stereocenters. The van der Waals surface area contributed by atoms with E-state index in [1.807, 2.05) is 12.1 Å². The second-order valence-electron chi connectivity index (χ2n) is 6.97. The predicted octanol–water partition coefficient (Wildman–Crippen LogP) is 1.86. The number of amides is 1. The lowest BCUT2D eigenvalue weighted by Gasteiger charge is -2.20. The van der Waals surface area contributed by atoms with E-state index >= 15 is 0 Å². The third-order valence-electron chi connectivity index (χ3n) is 4.11. The van der Waals surface area contributed by atoms with Gasteiger partial charge in [-0.25, -0.2) is 0 Å². The minimum Gasteiger partial charge on any atom is -0.492 e. The second kappa shape index (κ2) is 7.79. The third kappa shape index (κ3) is 5.22. The summed E-state index contributed by atoms with van der Waals surface area (Å²) in [7, 11) is 1.67. The van der Waals surface area contributed by atoms with Crippen molar-refractivity contribution in [1.82, 2.24) is 10.6 Å². The molecule has 5 heteroatoms. The van der Waals surface area contributed by atoms with E-state index in [4.69, 9.17) is 9.47 Å². The molecule has 0 spiro atoms. The van der Waals surface area contributed by atoms with Gasteiger partial charge >= 0.3 is 0 Å². The Morgan fingerprint density at radius 3 is 2.83 bits per heavy atom. The number of hydrogen-bond donors (Lipinski definition) is 2. The number of rotatable bonds is 6. The molecule has 0 aliphatic carbocycles. The normalized spacial score (nSPS) is 21.2. The van der Waals surface area contributed by atoms with E-state index in [0.29, 0.717) is 13.2 Å². The molecular weight excluding hydrogens is 292 g/mol. The van der Waals surface area contributed by atoms with Crippen LogP contribution >= 0.6 is 0 Å². The summed E-state index contributed by atoms with van der Waals surface area (Å²) in [4.78, 5) is 12.0. The van der Waals surface area contributed by atoms with Crippen molar-refractivity contribution in [2.24, 2.45) is 0 Å². The first-order chi connectivity index (χ1) is 10.9. The molecule has 1 aromatic carbocycles. The van der Waals surface area contributed by atoms with Gasteiger partial charge in [0.1, 0.15) is 12.4 Å². The summed E-state index contributed by atoms with van der Waals surface area (Å²) in [6.45, 7) is 8.20. The third-order valence-corrected chi connectivity index (χ3v) is 4.11. The van der Waals surface area contributed by atoms with Crippen LogP contribution in [0.5, 0.6) is 5.75 Å². The molecular formula is C18H28N2O3. The molecule has 0 radical (unpaired) electrons. The second-order valence-corrected chi connectivity index (χ2v) is 6.97. The predicted molar refractivity (Wildman–Crippen MR) is 90.9 cm³/mol.